The Labute approximate surface area is 108 Å². The zero-order valence-corrected chi connectivity index (χ0v) is 11.5. The highest BCUT2D eigenvalue weighted by Crippen LogP contribution is 2.14. The van der Waals surface area contributed by atoms with Crippen molar-refractivity contribution in [2.75, 3.05) is 6.61 Å². The molecule has 0 aromatic carbocycles. The summed E-state index contributed by atoms with van der Waals surface area (Å²) in [5, 5.41) is 11.6. The molecule has 5 nitrogen and oxygen atoms in total. The second-order valence-electron chi connectivity index (χ2n) is 4.85. The van der Waals surface area contributed by atoms with Gasteiger partial charge in [0, 0.05) is 6.08 Å². The first-order valence-corrected chi connectivity index (χ1v) is 5.75. The van der Waals surface area contributed by atoms with Crippen molar-refractivity contribution in [1.29, 1.82) is 5.26 Å². The van der Waals surface area contributed by atoms with Gasteiger partial charge in [0.25, 0.3) is 5.91 Å². The van der Waals surface area contributed by atoms with Crippen LogP contribution in [0.25, 0.3) is 0 Å². The summed E-state index contributed by atoms with van der Waals surface area (Å²) in [5.41, 5.74) is -0.163. The number of allylic oxidation sites excluding steroid dienone is 1. The summed E-state index contributed by atoms with van der Waals surface area (Å²) in [6.45, 7) is 8.43. The van der Waals surface area contributed by atoms with Crippen LogP contribution in [0.1, 0.15) is 34.6 Å². The molecule has 0 aromatic heterocycles. The molecule has 1 atom stereocenters. The van der Waals surface area contributed by atoms with E-state index in [0.29, 0.717) is 0 Å². The fourth-order valence-electron chi connectivity index (χ4n) is 1.04. The minimum absolute atomic E-state index is 0.0417. The average molecular weight is 252 g/mol. The Kier molecular flexibility index (Phi) is 6.11. The first-order valence-electron chi connectivity index (χ1n) is 5.75. The van der Waals surface area contributed by atoms with Gasteiger partial charge >= 0.3 is 5.97 Å². The van der Waals surface area contributed by atoms with Gasteiger partial charge in [0.15, 0.2) is 6.61 Å². The highest BCUT2D eigenvalue weighted by molar-refractivity contribution is 5.86. The van der Waals surface area contributed by atoms with Crippen LogP contribution in [0, 0.1) is 17.2 Å². The van der Waals surface area contributed by atoms with Crippen molar-refractivity contribution >= 4 is 11.9 Å². The number of ether oxygens (including phenoxy) is 1. The lowest BCUT2D eigenvalue weighted by Crippen LogP contribution is -2.50. The smallest absolute Gasteiger partial charge is 0.331 e. The average Bonchev–Trinajstić information content (AvgIpc) is 2.25. The number of carbonyl (C=O) groups excluding carboxylic acids is 2. The van der Waals surface area contributed by atoms with Crippen LogP contribution < -0.4 is 5.32 Å². The standard InChI is InChI=1S/C13H20N2O3/c1-9(2)6-12(17)18-7-11(16)15-13(5,8-14)10(3)4/h6,10H,7H2,1-5H3,(H,15,16)/t13-/m1/s1. The number of carbonyl (C=O) groups is 2. The summed E-state index contributed by atoms with van der Waals surface area (Å²) in [6.07, 6.45) is 1.30. The fraction of sp³-hybridized carbons (Fsp3) is 0.615. The van der Waals surface area contributed by atoms with Gasteiger partial charge < -0.3 is 10.1 Å². The monoisotopic (exact) mass is 252 g/mol. The zero-order valence-electron chi connectivity index (χ0n) is 11.5. The summed E-state index contributed by atoms with van der Waals surface area (Å²) in [4.78, 5) is 22.7. The van der Waals surface area contributed by atoms with E-state index < -0.39 is 17.4 Å². The largest absolute Gasteiger partial charge is 0.452 e. The first kappa shape index (κ1) is 16.2. The highest BCUT2D eigenvalue weighted by atomic mass is 16.5. The molecule has 0 spiro atoms. The molecule has 0 aliphatic heterocycles. The first-order chi connectivity index (χ1) is 8.21. The molecule has 0 aliphatic rings. The molecule has 100 valence electrons. The Hall–Kier alpha value is -1.83. The van der Waals surface area contributed by atoms with Crippen LogP contribution in [0.2, 0.25) is 0 Å². The Bertz CT molecular complexity index is 390. The maximum Gasteiger partial charge on any atom is 0.331 e. The number of nitriles is 1. The Morgan fingerprint density at radius 2 is 2.00 bits per heavy atom. The molecule has 5 heteroatoms. The maximum atomic E-state index is 11.6. The van der Waals surface area contributed by atoms with E-state index in [1.807, 2.05) is 19.9 Å². The number of nitrogens with zero attached hydrogens (tertiary/aromatic N) is 1. The minimum atomic E-state index is -0.958. The van der Waals surface area contributed by atoms with Gasteiger partial charge in [-0.2, -0.15) is 5.26 Å². The summed E-state index contributed by atoms with van der Waals surface area (Å²) < 4.78 is 4.75. The van der Waals surface area contributed by atoms with Crippen LogP contribution >= 0.6 is 0 Å². The Morgan fingerprint density at radius 1 is 1.44 bits per heavy atom. The van der Waals surface area contributed by atoms with E-state index in [0.717, 1.165) is 5.57 Å². The number of amides is 1. The molecule has 0 rings (SSSR count). The lowest BCUT2D eigenvalue weighted by atomic mass is 9.90. The molecule has 0 unspecified atom stereocenters. The highest BCUT2D eigenvalue weighted by Gasteiger charge is 2.30. The van der Waals surface area contributed by atoms with E-state index >= 15 is 0 Å². The molecule has 0 saturated heterocycles. The molecule has 0 aliphatic carbocycles. The Balaban J connectivity index is 4.34. The molecule has 0 radical (unpaired) electrons. The zero-order chi connectivity index (χ0) is 14.3. The van der Waals surface area contributed by atoms with E-state index in [2.05, 4.69) is 5.32 Å². The molecule has 0 aromatic rings. The van der Waals surface area contributed by atoms with Crippen LogP contribution in [-0.2, 0) is 14.3 Å². The van der Waals surface area contributed by atoms with E-state index in [1.54, 1.807) is 20.8 Å². The van der Waals surface area contributed by atoms with Gasteiger partial charge in [-0.15, -0.1) is 0 Å². The SMILES string of the molecule is CC(C)=CC(=O)OCC(=O)N[C@](C)(C#N)C(C)C. The van der Waals surface area contributed by atoms with Gasteiger partial charge in [-0.3, -0.25) is 4.79 Å². The molecule has 0 bridgehead atoms. The number of hydrogen-bond donors (Lipinski definition) is 1. The van der Waals surface area contributed by atoms with Crippen LogP contribution in [0.5, 0.6) is 0 Å². The third-order valence-corrected chi connectivity index (χ3v) is 2.54. The van der Waals surface area contributed by atoms with Crippen LogP contribution in [0.3, 0.4) is 0 Å². The van der Waals surface area contributed by atoms with Crippen molar-refractivity contribution in [3.8, 4) is 6.07 Å². The van der Waals surface area contributed by atoms with E-state index in [1.165, 1.54) is 6.08 Å². The van der Waals surface area contributed by atoms with Crippen molar-refractivity contribution in [1.82, 2.24) is 5.32 Å². The molecular formula is C13H20N2O3. The third-order valence-electron chi connectivity index (χ3n) is 2.54. The van der Waals surface area contributed by atoms with Crippen LogP contribution in [-0.4, -0.2) is 24.0 Å². The predicted octanol–water partition coefficient (Wildman–Crippen LogP) is 1.55. The van der Waals surface area contributed by atoms with Crippen molar-refractivity contribution in [2.45, 2.75) is 40.2 Å². The fourth-order valence-corrected chi connectivity index (χ4v) is 1.04. The van der Waals surface area contributed by atoms with Gasteiger partial charge in [-0.25, -0.2) is 4.79 Å². The second-order valence-corrected chi connectivity index (χ2v) is 4.85. The summed E-state index contributed by atoms with van der Waals surface area (Å²) in [6, 6.07) is 2.04. The molecular weight excluding hydrogens is 232 g/mol. The molecule has 0 saturated carbocycles. The van der Waals surface area contributed by atoms with Gasteiger partial charge in [-0.05, 0) is 26.7 Å². The summed E-state index contributed by atoms with van der Waals surface area (Å²) >= 11 is 0. The minimum Gasteiger partial charge on any atom is -0.452 e. The van der Waals surface area contributed by atoms with Crippen LogP contribution in [0.4, 0.5) is 0 Å². The van der Waals surface area contributed by atoms with Gasteiger partial charge in [0.1, 0.15) is 5.54 Å². The number of rotatable bonds is 5. The number of esters is 1. The Morgan fingerprint density at radius 3 is 2.39 bits per heavy atom. The molecule has 1 amide bonds. The summed E-state index contributed by atoms with van der Waals surface area (Å²) in [5.74, 6) is -1.09. The van der Waals surface area contributed by atoms with Gasteiger partial charge in [-0.1, -0.05) is 19.4 Å². The summed E-state index contributed by atoms with van der Waals surface area (Å²) in [7, 11) is 0. The lowest BCUT2D eigenvalue weighted by molar-refractivity contribution is -0.144. The van der Waals surface area contributed by atoms with E-state index in [9.17, 15) is 9.59 Å². The van der Waals surface area contributed by atoms with Crippen molar-refractivity contribution in [2.24, 2.45) is 5.92 Å². The predicted molar refractivity (Wildman–Crippen MR) is 67.4 cm³/mol. The van der Waals surface area contributed by atoms with Crippen molar-refractivity contribution in [3.63, 3.8) is 0 Å². The van der Waals surface area contributed by atoms with E-state index in [-0.39, 0.29) is 12.5 Å². The molecule has 0 fully saturated rings. The lowest BCUT2D eigenvalue weighted by Gasteiger charge is -2.27. The number of nitrogens with one attached hydrogen (secondary N) is 1. The topological polar surface area (TPSA) is 79.2 Å². The van der Waals surface area contributed by atoms with Crippen LogP contribution in [0.15, 0.2) is 11.6 Å². The van der Waals surface area contributed by atoms with E-state index in [4.69, 9.17) is 10.00 Å². The normalized spacial score (nSPS) is 13.2. The van der Waals surface area contributed by atoms with Crippen molar-refractivity contribution in [3.05, 3.63) is 11.6 Å². The maximum absolute atomic E-state index is 11.6. The third kappa shape index (κ3) is 5.48. The van der Waals surface area contributed by atoms with Gasteiger partial charge in [0.2, 0.25) is 0 Å². The molecule has 18 heavy (non-hydrogen) atoms. The molecule has 0 heterocycles. The second kappa shape index (κ2) is 6.80. The quantitative estimate of drug-likeness (QED) is 0.594. The number of hydrogen-bond acceptors (Lipinski definition) is 4. The van der Waals surface area contributed by atoms with Gasteiger partial charge in [0.05, 0.1) is 6.07 Å². The molecule has 1 N–H and O–H groups in total. The van der Waals surface area contributed by atoms with Crippen molar-refractivity contribution < 1.29 is 14.3 Å².